The summed E-state index contributed by atoms with van der Waals surface area (Å²) in [5.74, 6) is -0.891. The number of hydrogen-bond donors (Lipinski definition) is 1. The van der Waals surface area contributed by atoms with Crippen molar-refractivity contribution >= 4 is 11.7 Å². The zero-order valence-electron chi connectivity index (χ0n) is 11.5. The van der Waals surface area contributed by atoms with Gasteiger partial charge in [0, 0.05) is 13.0 Å². The lowest BCUT2D eigenvalue weighted by atomic mass is 9.81. The van der Waals surface area contributed by atoms with Crippen molar-refractivity contribution in [1.29, 1.82) is 0 Å². The highest BCUT2D eigenvalue weighted by molar-refractivity contribution is 5.90. The van der Waals surface area contributed by atoms with Crippen molar-refractivity contribution in [3.63, 3.8) is 0 Å². The predicted octanol–water partition coefficient (Wildman–Crippen LogP) is 1.48. The Labute approximate surface area is 117 Å². The van der Waals surface area contributed by atoms with Crippen molar-refractivity contribution in [2.75, 3.05) is 7.05 Å². The fourth-order valence-corrected chi connectivity index (χ4v) is 2.21. The van der Waals surface area contributed by atoms with Gasteiger partial charge in [0.2, 0.25) is 5.91 Å². The average Bonchev–Trinajstić information content (AvgIpc) is 2.37. The van der Waals surface area contributed by atoms with Gasteiger partial charge >= 0.3 is 0 Å². The van der Waals surface area contributed by atoms with Crippen LogP contribution in [0.2, 0.25) is 0 Å². The van der Waals surface area contributed by atoms with Gasteiger partial charge in [-0.3, -0.25) is 9.59 Å². The highest BCUT2D eigenvalue weighted by Gasteiger charge is 2.32. The molecular formula is C15H19FN2O2. The van der Waals surface area contributed by atoms with Crippen LogP contribution in [-0.2, 0) is 16.0 Å². The van der Waals surface area contributed by atoms with E-state index in [0.717, 1.165) is 19.3 Å². The van der Waals surface area contributed by atoms with E-state index < -0.39 is 12.0 Å². The van der Waals surface area contributed by atoms with Crippen molar-refractivity contribution in [3.8, 4) is 0 Å². The molecule has 0 saturated heterocycles. The number of likely N-dealkylation sites (N-methyl/N-ethyl adjacent to an activating group) is 1. The van der Waals surface area contributed by atoms with Crippen molar-refractivity contribution < 1.29 is 14.0 Å². The molecule has 108 valence electrons. The maximum atomic E-state index is 13.5. The second kappa shape index (κ2) is 6.13. The molecule has 2 N–H and O–H groups in total. The van der Waals surface area contributed by atoms with E-state index in [1.807, 2.05) is 0 Å². The molecule has 0 radical (unpaired) electrons. The van der Waals surface area contributed by atoms with Crippen molar-refractivity contribution in [2.24, 2.45) is 11.7 Å². The van der Waals surface area contributed by atoms with Crippen LogP contribution in [0.5, 0.6) is 0 Å². The van der Waals surface area contributed by atoms with Gasteiger partial charge in [0.1, 0.15) is 12.0 Å². The Balaban J connectivity index is 1.97. The van der Waals surface area contributed by atoms with E-state index in [1.54, 1.807) is 18.2 Å². The first-order valence-corrected chi connectivity index (χ1v) is 6.79. The van der Waals surface area contributed by atoms with Gasteiger partial charge in [-0.1, -0.05) is 24.6 Å². The second-order valence-corrected chi connectivity index (χ2v) is 5.25. The third-order valence-electron chi connectivity index (χ3n) is 3.91. The van der Waals surface area contributed by atoms with Crippen LogP contribution >= 0.6 is 0 Å². The molecule has 20 heavy (non-hydrogen) atoms. The van der Waals surface area contributed by atoms with Crippen LogP contribution < -0.4 is 5.73 Å². The van der Waals surface area contributed by atoms with Gasteiger partial charge in [0.05, 0.1) is 6.42 Å². The molecule has 1 aromatic rings. The van der Waals surface area contributed by atoms with Gasteiger partial charge in [0.25, 0.3) is 0 Å². The standard InChI is InChI=1S/C15H19FN2O2/c1-18(15(17)14(20)10-6-4-7-10)13(19)9-11-5-2-3-8-12(11)16/h2-3,5,8,10,15H,4,6-7,9,17H2,1H3. The first-order chi connectivity index (χ1) is 9.50. The van der Waals surface area contributed by atoms with Gasteiger partial charge in [-0.2, -0.15) is 0 Å². The molecule has 0 aliphatic heterocycles. The van der Waals surface area contributed by atoms with Crippen molar-refractivity contribution in [2.45, 2.75) is 31.8 Å². The number of ketones is 1. The number of hydrogen-bond acceptors (Lipinski definition) is 3. The summed E-state index contributed by atoms with van der Waals surface area (Å²) < 4.78 is 13.5. The van der Waals surface area contributed by atoms with Crippen molar-refractivity contribution in [1.82, 2.24) is 4.90 Å². The summed E-state index contributed by atoms with van der Waals surface area (Å²) in [5.41, 5.74) is 6.14. The second-order valence-electron chi connectivity index (χ2n) is 5.25. The highest BCUT2D eigenvalue weighted by Crippen LogP contribution is 2.28. The lowest BCUT2D eigenvalue weighted by Crippen LogP contribution is -2.52. The summed E-state index contributed by atoms with van der Waals surface area (Å²) in [6.45, 7) is 0. The third-order valence-corrected chi connectivity index (χ3v) is 3.91. The molecule has 1 aromatic carbocycles. The molecule has 1 atom stereocenters. The largest absolute Gasteiger partial charge is 0.323 e. The number of nitrogens with zero attached hydrogens (tertiary/aromatic N) is 1. The smallest absolute Gasteiger partial charge is 0.228 e. The molecule has 0 spiro atoms. The van der Waals surface area contributed by atoms with Gasteiger partial charge in [-0.25, -0.2) is 4.39 Å². The summed E-state index contributed by atoms with van der Waals surface area (Å²) in [6, 6.07) is 6.10. The maximum absolute atomic E-state index is 13.5. The summed E-state index contributed by atoms with van der Waals surface area (Å²) in [6.07, 6.45) is 1.72. The molecule has 1 aliphatic carbocycles. The quantitative estimate of drug-likeness (QED) is 0.830. The lowest BCUT2D eigenvalue weighted by molar-refractivity contribution is -0.140. The molecule has 1 fully saturated rings. The Morgan fingerprint density at radius 2 is 2.05 bits per heavy atom. The number of nitrogens with two attached hydrogens (primary N) is 1. The molecule has 1 unspecified atom stereocenters. The number of amides is 1. The zero-order valence-corrected chi connectivity index (χ0v) is 11.5. The summed E-state index contributed by atoms with van der Waals surface area (Å²) >= 11 is 0. The summed E-state index contributed by atoms with van der Waals surface area (Å²) in [4.78, 5) is 25.3. The van der Waals surface area contributed by atoms with Crippen LogP contribution in [0.3, 0.4) is 0 Å². The Kier molecular flexibility index (Phi) is 4.49. The van der Waals surface area contributed by atoms with E-state index in [2.05, 4.69) is 0 Å². The SMILES string of the molecule is CN(C(=O)Cc1ccccc1F)C(N)C(=O)C1CCC1. The molecule has 0 aromatic heterocycles. The molecule has 1 aliphatic rings. The van der Waals surface area contributed by atoms with E-state index in [4.69, 9.17) is 5.73 Å². The van der Waals surface area contributed by atoms with Crippen LogP contribution in [0, 0.1) is 11.7 Å². The monoisotopic (exact) mass is 278 g/mol. The predicted molar refractivity (Wildman–Crippen MR) is 73.2 cm³/mol. The zero-order chi connectivity index (χ0) is 14.7. The van der Waals surface area contributed by atoms with Crippen LogP contribution in [0.15, 0.2) is 24.3 Å². The van der Waals surface area contributed by atoms with E-state index in [9.17, 15) is 14.0 Å². The number of halogens is 1. The first-order valence-electron chi connectivity index (χ1n) is 6.79. The molecular weight excluding hydrogens is 259 g/mol. The minimum Gasteiger partial charge on any atom is -0.323 e. The Morgan fingerprint density at radius 1 is 1.40 bits per heavy atom. The topological polar surface area (TPSA) is 63.4 Å². The number of rotatable bonds is 5. The minimum absolute atomic E-state index is 0.0197. The average molecular weight is 278 g/mol. The van der Waals surface area contributed by atoms with E-state index in [-0.39, 0.29) is 24.0 Å². The number of benzene rings is 1. The van der Waals surface area contributed by atoms with Crippen LogP contribution in [-0.4, -0.2) is 29.8 Å². The van der Waals surface area contributed by atoms with E-state index >= 15 is 0 Å². The summed E-state index contributed by atoms with van der Waals surface area (Å²) in [5, 5.41) is 0. The van der Waals surface area contributed by atoms with Gasteiger partial charge in [-0.05, 0) is 24.5 Å². The molecule has 0 heterocycles. The van der Waals surface area contributed by atoms with Crippen LogP contribution in [0.4, 0.5) is 4.39 Å². The molecule has 1 amide bonds. The van der Waals surface area contributed by atoms with E-state index in [0.29, 0.717) is 5.56 Å². The van der Waals surface area contributed by atoms with Gasteiger partial charge in [-0.15, -0.1) is 0 Å². The maximum Gasteiger partial charge on any atom is 0.228 e. The Hall–Kier alpha value is -1.75. The minimum atomic E-state index is -0.931. The van der Waals surface area contributed by atoms with Gasteiger partial charge in [0.15, 0.2) is 5.78 Å². The third kappa shape index (κ3) is 3.04. The fraction of sp³-hybridized carbons (Fsp3) is 0.467. The Morgan fingerprint density at radius 3 is 2.60 bits per heavy atom. The number of carbonyl (C=O) groups excluding carboxylic acids is 2. The lowest BCUT2D eigenvalue weighted by Gasteiger charge is -2.31. The molecule has 4 nitrogen and oxygen atoms in total. The normalized spacial score (nSPS) is 16.4. The fourth-order valence-electron chi connectivity index (χ4n) is 2.21. The molecule has 1 saturated carbocycles. The number of carbonyl (C=O) groups is 2. The molecule has 2 rings (SSSR count). The summed E-state index contributed by atoms with van der Waals surface area (Å²) in [7, 11) is 1.49. The highest BCUT2D eigenvalue weighted by atomic mass is 19.1. The molecule has 0 bridgehead atoms. The number of Topliss-reactive ketones (excluding diaryl/α,β-unsaturated/α-hetero) is 1. The van der Waals surface area contributed by atoms with Crippen molar-refractivity contribution in [3.05, 3.63) is 35.6 Å². The van der Waals surface area contributed by atoms with Crippen LogP contribution in [0.25, 0.3) is 0 Å². The van der Waals surface area contributed by atoms with Crippen LogP contribution in [0.1, 0.15) is 24.8 Å². The molecule has 5 heteroatoms. The first kappa shape index (κ1) is 14.7. The van der Waals surface area contributed by atoms with Gasteiger partial charge < -0.3 is 10.6 Å². The van der Waals surface area contributed by atoms with E-state index in [1.165, 1.54) is 18.0 Å². The Bertz CT molecular complexity index is 514.